The first-order valence-electron chi connectivity index (χ1n) is 5.86. The number of carbonyl (C=O) groups excluding carboxylic acids is 1. The smallest absolute Gasteiger partial charge is 0.326 e. The Bertz CT molecular complexity index is 258. The molecule has 17 heavy (non-hydrogen) atoms. The van der Waals surface area contributed by atoms with Crippen molar-refractivity contribution in [3.8, 4) is 0 Å². The minimum Gasteiger partial charge on any atom is -0.480 e. The van der Waals surface area contributed by atoms with Gasteiger partial charge in [-0.2, -0.15) is 0 Å². The lowest BCUT2D eigenvalue weighted by Gasteiger charge is -2.21. The molecule has 1 amide bonds. The van der Waals surface area contributed by atoms with Crippen molar-refractivity contribution in [3.63, 3.8) is 0 Å². The number of amides is 1. The molecule has 0 aliphatic heterocycles. The SMILES string of the molecule is CCOCC(=O)NC(CCC(C)(C)C)C(=O)O. The number of carboxylic acids is 1. The summed E-state index contributed by atoms with van der Waals surface area (Å²) in [5, 5.41) is 11.4. The van der Waals surface area contributed by atoms with E-state index in [-0.39, 0.29) is 17.9 Å². The second-order valence-corrected chi connectivity index (χ2v) is 5.19. The van der Waals surface area contributed by atoms with Gasteiger partial charge in [0.15, 0.2) is 0 Å². The Hall–Kier alpha value is -1.10. The van der Waals surface area contributed by atoms with E-state index in [2.05, 4.69) is 5.32 Å². The van der Waals surface area contributed by atoms with Gasteiger partial charge >= 0.3 is 5.97 Å². The second-order valence-electron chi connectivity index (χ2n) is 5.19. The van der Waals surface area contributed by atoms with Gasteiger partial charge in [-0.1, -0.05) is 20.8 Å². The molecule has 0 aromatic carbocycles. The number of hydrogen-bond acceptors (Lipinski definition) is 3. The van der Waals surface area contributed by atoms with Gasteiger partial charge in [-0.05, 0) is 25.2 Å². The molecule has 0 spiro atoms. The topological polar surface area (TPSA) is 75.6 Å². The van der Waals surface area contributed by atoms with E-state index in [1.165, 1.54) is 0 Å². The number of carboxylic acid groups (broad SMARTS) is 1. The van der Waals surface area contributed by atoms with Crippen molar-refractivity contribution in [2.24, 2.45) is 5.41 Å². The fourth-order valence-electron chi connectivity index (χ4n) is 1.27. The zero-order valence-corrected chi connectivity index (χ0v) is 11.1. The third-order valence-corrected chi connectivity index (χ3v) is 2.25. The lowest BCUT2D eigenvalue weighted by molar-refractivity contribution is -0.142. The highest BCUT2D eigenvalue weighted by atomic mass is 16.5. The van der Waals surface area contributed by atoms with E-state index in [0.717, 1.165) is 6.42 Å². The van der Waals surface area contributed by atoms with Crippen LogP contribution in [0.1, 0.15) is 40.5 Å². The Labute approximate surface area is 103 Å². The molecule has 0 aliphatic carbocycles. The van der Waals surface area contributed by atoms with Gasteiger partial charge < -0.3 is 15.2 Å². The average molecular weight is 245 g/mol. The summed E-state index contributed by atoms with van der Waals surface area (Å²) in [6.07, 6.45) is 1.16. The van der Waals surface area contributed by atoms with Gasteiger partial charge in [-0.15, -0.1) is 0 Å². The first-order chi connectivity index (χ1) is 7.76. The molecule has 0 radical (unpaired) electrons. The van der Waals surface area contributed by atoms with Gasteiger partial charge in [0.25, 0.3) is 0 Å². The molecule has 1 atom stereocenters. The fourth-order valence-corrected chi connectivity index (χ4v) is 1.27. The van der Waals surface area contributed by atoms with Gasteiger partial charge in [0.1, 0.15) is 12.6 Å². The van der Waals surface area contributed by atoms with Gasteiger partial charge in [0.2, 0.25) is 5.91 Å². The van der Waals surface area contributed by atoms with Crippen molar-refractivity contribution >= 4 is 11.9 Å². The summed E-state index contributed by atoms with van der Waals surface area (Å²) in [6, 6.07) is -0.831. The molecule has 0 rings (SSSR count). The number of rotatable bonds is 7. The van der Waals surface area contributed by atoms with Crippen molar-refractivity contribution in [2.75, 3.05) is 13.2 Å². The van der Waals surface area contributed by atoms with Gasteiger partial charge in [0.05, 0.1) is 0 Å². The molecule has 0 aliphatic rings. The first kappa shape index (κ1) is 15.9. The molecule has 0 saturated heterocycles. The summed E-state index contributed by atoms with van der Waals surface area (Å²) >= 11 is 0. The highest BCUT2D eigenvalue weighted by Crippen LogP contribution is 2.21. The van der Waals surface area contributed by atoms with Crippen LogP contribution in [-0.2, 0) is 14.3 Å². The highest BCUT2D eigenvalue weighted by Gasteiger charge is 2.22. The minimum atomic E-state index is -1.00. The van der Waals surface area contributed by atoms with E-state index in [0.29, 0.717) is 13.0 Å². The van der Waals surface area contributed by atoms with E-state index in [1.807, 2.05) is 20.8 Å². The third-order valence-electron chi connectivity index (χ3n) is 2.25. The quantitative estimate of drug-likeness (QED) is 0.711. The lowest BCUT2D eigenvalue weighted by Crippen LogP contribution is -2.42. The Kier molecular flexibility index (Phi) is 6.80. The summed E-state index contributed by atoms with van der Waals surface area (Å²) < 4.78 is 4.92. The molecule has 2 N–H and O–H groups in total. The number of aliphatic carboxylic acids is 1. The molecule has 5 heteroatoms. The summed E-state index contributed by atoms with van der Waals surface area (Å²) in [5.74, 6) is -1.38. The van der Waals surface area contributed by atoms with Gasteiger partial charge in [-0.25, -0.2) is 4.79 Å². The summed E-state index contributed by atoms with van der Waals surface area (Å²) in [6.45, 7) is 8.24. The standard InChI is InChI=1S/C12H23NO4/c1-5-17-8-10(14)13-9(11(15)16)6-7-12(2,3)4/h9H,5-8H2,1-4H3,(H,13,14)(H,15,16). The molecule has 0 aromatic rings. The predicted octanol–water partition coefficient (Wildman–Crippen LogP) is 1.42. The van der Waals surface area contributed by atoms with Crippen LogP contribution in [0, 0.1) is 5.41 Å². The highest BCUT2D eigenvalue weighted by molar-refractivity contribution is 5.84. The van der Waals surface area contributed by atoms with Crippen molar-refractivity contribution in [3.05, 3.63) is 0 Å². The lowest BCUT2D eigenvalue weighted by atomic mass is 9.88. The van der Waals surface area contributed by atoms with Crippen LogP contribution in [0.3, 0.4) is 0 Å². The Morgan fingerprint density at radius 2 is 1.94 bits per heavy atom. The second kappa shape index (κ2) is 7.27. The maximum absolute atomic E-state index is 11.3. The zero-order valence-electron chi connectivity index (χ0n) is 11.1. The van der Waals surface area contributed by atoms with E-state index in [9.17, 15) is 9.59 Å². The minimum absolute atomic E-state index is 0.0539. The number of carbonyl (C=O) groups is 2. The number of nitrogens with one attached hydrogen (secondary N) is 1. The summed E-state index contributed by atoms with van der Waals surface area (Å²) in [4.78, 5) is 22.3. The summed E-state index contributed by atoms with van der Waals surface area (Å²) in [5.41, 5.74) is 0.0539. The van der Waals surface area contributed by atoms with Crippen LogP contribution in [0.15, 0.2) is 0 Å². The van der Waals surface area contributed by atoms with Crippen LogP contribution in [-0.4, -0.2) is 36.2 Å². The number of hydrogen-bond donors (Lipinski definition) is 2. The average Bonchev–Trinajstić information content (AvgIpc) is 2.19. The molecule has 0 heterocycles. The number of ether oxygens (including phenoxy) is 1. The van der Waals surface area contributed by atoms with Crippen molar-refractivity contribution < 1.29 is 19.4 Å². The fraction of sp³-hybridized carbons (Fsp3) is 0.833. The predicted molar refractivity (Wildman–Crippen MR) is 64.7 cm³/mol. The van der Waals surface area contributed by atoms with E-state index in [1.54, 1.807) is 6.92 Å². The van der Waals surface area contributed by atoms with Crippen molar-refractivity contribution in [2.45, 2.75) is 46.6 Å². The van der Waals surface area contributed by atoms with Crippen LogP contribution in [0.25, 0.3) is 0 Å². The van der Waals surface area contributed by atoms with Crippen LogP contribution < -0.4 is 5.32 Å². The molecule has 0 bridgehead atoms. The van der Waals surface area contributed by atoms with Gasteiger partial charge in [0, 0.05) is 6.61 Å². The molecule has 0 aromatic heterocycles. The molecule has 0 saturated carbocycles. The zero-order chi connectivity index (χ0) is 13.5. The van der Waals surface area contributed by atoms with Crippen LogP contribution in [0.2, 0.25) is 0 Å². The largest absolute Gasteiger partial charge is 0.480 e. The van der Waals surface area contributed by atoms with Crippen LogP contribution >= 0.6 is 0 Å². The molecule has 100 valence electrons. The van der Waals surface area contributed by atoms with Crippen molar-refractivity contribution in [1.29, 1.82) is 0 Å². The normalized spacial score (nSPS) is 13.2. The molecule has 0 fully saturated rings. The molecular formula is C12H23NO4. The van der Waals surface area contributed by atoms with Crippen LogP contribution in [0.5, 0.6) is 0 Å². The summed E-state index contributed by atoms with van der Waals surface area (Å²) in [7, 11) is 0. The first-order valence-corrected chi connectivity index (χ1v) is 5.86. The van der Waals surface area contributed by atoms with E-state index < -0.39 is 12.0 Å². The maximum Gasteiger partial charge on any atom is 0.326 e. The Morgan fingerprint density at radius 3 is 2.35 bits per heavy atom. The molecular weight excluding hydrogens is 222 g/mol. The molecule has 5 nitrogen and oxygen atoms in total. The van der Waals surface area contributed by atoms with Crippen molar-refractivity contribution in [1.82, 2.24) is 5.32 Å². The Balaban J connectivity index is 4.16. The van der Waals surface area contributed by atoms with E-state index in [4.69, 9.17) is 9.84 Å². The van der Waals surface area contributed by atoms with Gasteiger partial charge in [-0.3, -0.25) is 4.79 Å². The third kappa shape index (κ3) is 8.68. The van der Waals surface area contributed by atoms with Crippen LogP contribution in [0.4, 0.5) is 0 Å². The molecule has 1 unspecified atom stereocenters. The van der Waals surface area contributed by atoms with E-state index >= 15 is 0 Å². The maximum atomic E-state index is 11.3. The Morgan fingerprint density at radius 1 is 1.35 bits per heavy atom. The monoisotopic (exact) mass is 245 g/mol.